The minimum absolute atomic E-state index is 0.0479. The van der Waals surface area contributed by atoms with Crippen LogP contribution in [0.15, 0.2) is 0 Å². The molecule has 0 heterocycles. The van der Waals surface area contributed by atoms with E-state index in [1.165, 1.54) is 19.3 Å². The molecule has 0 amide bonds. The molecule has 0 radical (unpaired) electrons. The van der Waals surface area contributed by atoms with Crippen molar-refractivity contribution in [2.45, 2.75) is 71.1 Å². The third kappa shape index (κ3) is 2.38. The Balaban J connectivity index is 1.47. The Bertz CT molecular complexity index is 496. The Hall–Kier alpha value is -0.250. The summed E-state index contributed by atoms with van der Waals surface area (Å²) < 4.78 is 39.2. The van der Waals surface area contributed by atoms with Gasteiger partial charge in [0.15, 0.2) is 5.60 Å². The van der Waals surface area contributed by atoms with Crippen molar-refractivity contribution in [2.75, 3.05) is 0 Å². The van der Waals surface area contributed by atoms with Crippen LogP contribution in [-0.2, 0) is 0 Å². The molecule has 4 aliphatic carbocycles. The number of alkyl halides is 3. The number of hydrogen-bond donors (Lipinski definition) is 1. The van der Waals surface area contributed by atoms with Crippen molar-refractivity contribution in [3.05, 3.63) is 0 Å². The minimum atomic E-state index is -4.52. The molecule has 4 aliphatic rings. The monoisotopic (exact) mass is 344 g/mol. The van der Waals surface area contributed by atoms with Crippen LogP contribution in [-0.4, -0.2) is 16.9 Å². The highest BCUT2D eigenvalue weighted by atomic mass is 19.4. The lowest BCUT2D eigenvalue weighted by Crippen LogP contribution is -2.45. The quantitative estimate of drug-likeness (QED) is 0.738. The number of aliphatic hydroxyl groups is 1. The highest BCUT2D eigenvalue weighted by Crippen LogP contribution is 2.65. The summed E-state index contributed by atoms with van der Waals surface area (Å²) in [5.41, 5.74) is -2.53. The lowest BCUT2D eigenvalue weighted by atomic mass is 9.62. The molecule has 1 nitrogen and oxygen atoms in total. The van der Waals surface area contributed by atoms with E-state index >= 15 is 0 Å². The molecule has 0 aromatic carbocycles. The van der Waals surface area contributed by atoms with Crippen LogP contribution in [0.5, 0.6) is 0 Å². The number of halogens is 3. The lowest BCUT2D eigenvalue weighted by Gasteiger charge is -2.44. The zero-order valence-corrected chi connectivity index (χ0v) is 15.0. The number of hydrogen-bond acceptors (Lipinski definition) is 1. The van der Waals surface area contributed by atoms with Gasteiger partial charge in [0, 0.05) is 0 Å². The molecule has 10 atom stereocenters. The number of fused-ring (bicyclic) bond motifs is 4. The van der Waals surface area contributed by atoms with Gasteiger partial charge >= 0.3 is 6.18 Å². The van der Waals surface area contributed by atoms with Crippen molar-refractivity contribution in [3.8, 4) is 0 Å². The van der Waals surface area contributed by atoms with Gasteiger partial charge in [-0.15, -0.1) is 0 Å². The first-order chi connectivity index (χ1) is 11.1. The van der Waals surface area contributed by atoms with E-state index in [1.54, 1.807) is 0 Å². The lowest BCUT2D eigenvalue weighted by molar-refractivity contribution is -0.260. The first kappa shape index (κ1) is 17.2. The number of rotatable bonds is 3. The Morgan fingerprint density at radius 2 is 1.50 bits per heavy atom. The summed E-state index contributed by atoms with van der Waals surface area (Å²) in [6.45, 7) is 5.68. The largest absolute Gasteiger partial charge is 0.416 e. The van der Waals surface area contributed by atoms with E-state index in [0.717, 1.165) is 49.4 Å². The molecule has 4 heteroatoms. The van der Waals surface area contributed by atoms with Crippen LogP contribution in [0.1, 0.15) is 59.3 Å². The van der Waals surface area contributed by atoms with Crippen LogP contribution in [0.2, 0.25) is 0 Å². The normalized spacial score (nSPS) is 52.9. The predicted molar refractivity (Wildman–Crippen MR) is 87.1 cm³/mol. The third-order valence-electron chi connectivity index (χ3n) is 8.74. The van der Waals surface area contributed by atoms with Crippen LogP contribution in [0.3, 0.4) is 0 Å². The Kier molecular flexibility index (Phi) is 3.85. The van der Waals surface area contributed by atoms with Crippen molar-refractivity contribution in [1.29, 1.82) is 0 Å². The van der Waals surface area contributed by atoms with Crippen molar-refractivity contribution < 1.29 is 18.3 Å². The molecule has 0 aliphatic heterocycles. The molecule has 1 N–H and O–H groups in total. The minimum Gasteiger partial charge on any atom is -0.381 e. The van der Waals surface area contributed by atoms with E-state index in [2.05, 4.69) is 13.8 Å². The first-order valence-electron chi connectivity index (χ1n) is 9.89. The maximum Gasteiger partial charge on any atom is 0.416 e. The van der Waals surface area contributed by atoms with Gasteiger partial charge in [0.25, 0.3) is 0 Å². The van der Waals surface area contributed by atoms with Crippen molar-refractivity contribution in [1.82, 2.24) is 0 Å². The van der Waals surface area contributed by atoms with Gasteiger partial charge in [-0.2, -0.15) is 13.2 Å². The Labute approximate surface area is 143 Å². The molecular formula is C20H31F3O. The summed E-state index contributed by atoms with van der Waals surface area (Å²) in [5, 5.41) is 9.91. The average Bonchev–Trinajstić information content (AvgIpc) is 3.18. The predicted octanol–water partition coefficient (Wildman–Crippen LogP) is 5.28. The van der Waals surface area contributed by atoms with Crippen LogP contribution < -0.4 is 0 Å². The molecular weight excluding hydrogens is 313 g/mol. The molecule has 0 aromatic rings. The van der Waals surface area contributed by atoms with Gasteiger partial charge in [-0.25, -0.2) is 0 Å². The summed E-state index contributed by atoms with van der Waals surface area (Å²) in [5.74, 6) is 5.72. The first-order valence-corrected chi connectivity index (χ1v) is 9.89. The van der Waals surface area contributed by atoms with E-state index in [-0.39, 0.29) is 12.3 Å². The fraction of sp³-hybridized carbons (Fsp3) is 1.00. The summed E-state index contributed by atoms with van der Waals surface area (Å²) in [7, 11) is 0. The fourth-order valence-corrected chi connectivity index (χ4v) is 7.69. The third-order valence-corrected chi connectivity index (χ3v) is 8.74. The van der Waals surface area contributed by atoms with Gasteiger partial charge in [-0.1, -0.05) is 13.8 Å². The van der Waals surface area contributed by atoms with Gasteiger partial charge < -0.3 is 5.11 Å². The summed E-state index contributed by atoms with van der Waals surface area (Å²) in [6.07, 6.45) is 1.56. The van der Waals surface area contributed by atoms with Crippen LogP contribution >= 0.6 is 0 Å². The molecule has 138 valence electrons. The highest BCUT2D eigenvalue weighted by Gasteiger charge is 2.60. The Morgan fingerprint density at radius 1 is 0.875 bits per heavy atom. The topological polar surface area (TPSA) is 20.2 Å². The summed E-state index contributed by atoms with van der Waals surface area (Å²) in [4.78, 5) is 0. The van der Waals surface area contributed by atoms with Gasteiger partial charge in [-0.3, -0.25) is 0 Å². The maximum absolute atomic E-state index is 13.1. The van der Waals surface area contributed by atoms with E-state index in [1.807, 2.05) is 0 Å². The highest BCUT2D eigenvalue weighted by molar-refractivity contribution is 5.07. The van der Waals surface area contributed by atoms with Crippen molar-refractivity contribution in [3.63, 3.8) is 0 Å². The molecule has 4 saturated carbocycles. The summed E-state index contributed by atoms with van der Waals surface area (Å²) >= 11 is 0. The van der Waals surface area contributed by atoms with E-state index in [9.17, 15) is 18.3 Å². The van der Waals surface area contributed by atoms with Crippen molar-refractivity contribution >= 4 is 0 Å². The zero-order chi connectivity index (χ0) is 17.4. The molecule has 4 rings (SSSR count). The second-order valence-corrected chi connectivity index (χ2v) is 9.84. The van der Waals surface area contributed by atoms with Crippen LogP contribution in [0, 0.1) is 53.3 Å². The molecule has 4 fully saturated rings. The van der Waals surface area contributed by atoms with Crippen LogP contribution in [0.4, 0.5) is 13.2 Å². The van der Waals surface area contributed by atoms with E-state index in [0.29, 0.717) is 17.8 Å². The average molecular weight is 344 g/mol. The van der Waals surface area contributed by atoms with E-state index in [4.69, 9.17) is 0 Å². The smallest absolute Gasteiger partial charge is 0.381 e. The van der Waals surface area contributed by atoms with Crippen LogP contribution in [0.25, 0.3) is 0 Å². The molecule has 4 bridgehead atoms. The molecule has 0 spiro atoms. The second-order valence-electron chi connectivity index (χ2n) is 9.84. The molecule has 24 heavy (non-hydrogen) atoms. The second kappa shape index (κ2) is 5.37. The van der Waals surface area contributed by atoms with Gasteiger partial charge in [0.1, 0.15) is 0 Å². The van der Waals surface area contributed by atoms with E-state index < -0.39 is 11.8 Å². The van der Waals surface area contributed by atoms with Gasteiger partial charge in [0.05, 0.1) is 0 Å². The Morgan fingerprint density at radius 3 is 2.04 bits per heavy atom. The standard InChI is InChI=1S/C20H31F3O/c1-10-12-4-5-13(6-12)17(10)18-11(2)16-8-14(18)7-15(16)9-19(3,24)20(21,22)23/h10-18,24H,4-9H2,1-3H3. The van der Waals surface area contributed by atoms with Crippen molar-refractivity contribution in [2.24, 2.45) is 53.3 Å². The zero-order valence-electron chi connectivity index (χ0n) is 15.0. The maximum atomic E-state index is 13.1. The molecule has 10 unspecified atom stereocenters. The van der Waals surface area contributed by atoms with Gasteiger partial charge in [0.2, 0.25) is 0 Å². The SMILES string of the molecule is CC1C2CCC(C2)C1C1C2CC(CC(C)(O)C(F)(F)F)C(C2)C1C. The fourth-order valence-electron chi connectivity index (χ4n) is 7.69. The summed E-state index contributed by atoms with van der Waals surface area (Å²) in [6, 6.07) is 0. The van der Waals surface area contributed by atoms with Gasteiger partial charge in [-0.05, 0) is 98.7 Å². The molecule has 0 saturated heterocycles. The molecule has 0 aromatic heterocycles.